The van der Waals surface area contributed by atoms with Crippen molar-refractivity contribution in [3.8, 4) is 0 Å². The predicted molar refractivity (Wildman–Crippen MR) is 56.6 cm³/mol. The Kier molecular flexibility index (Phi) is 10.9. The molecule has 0 aliphatic rings. The van der Waals surface area contributed by atoms with E-state index in [1.165, 1.54) is 0 Å². The Morgan fingerprint density at radius 3 is 0.941 bits per heavy atom. The van der Waals surface area contributed by atoms with Crippen molar-refractivity contribution in [2.45, 2.75) is 27.7 Å². The van der Waals surface area contributed by atoms with Gasteiger partial charge in [0.05, 0.1) is 26.4 Å². The molecule has 17 heavy (non-hydrogen) atoms. The lowest BCUT2D eigenvalue weighted by molar-refractivity contribution is -0.425. The first-order valence-electron chi connectivity index (χ1n) is 5.47. The summed E-state index contributed by atoms with van der Waals surface area (Å²) < 4.78 is 19.5. The number of rotatable bonds is 12. The maximum atomic E-state index is 4.88. The monoisotopic (exact) mass is 272 g/mol. The van der Waals surface area contributed by atoms with Crippen LogP contribution in [0.15, 0.2) is 0 Å². The van der Waals surface area contributed by atoms with Crippen molar-refractivity contribution >= 4 is 9.05 Å². The van der Waals surface area contributed by atoms with Crippen LogP contribution in [0, 0.1) is 0 Å². The Hall–Kier alpha value is -0.103. The molecule has 0 N–H and O–H groups in total. The molecule has 0 saturated carbocycles. The van der Waals surface area contributed by atoms with Crippen LogP contribution in [0.5, 0.6) is 0 Å². The van der Waals surface area contributed by atoms with Crippen LogP contribution in [0.4, 0.5) is 0 Å². The molecular weight excluding hydrogens is 252 g/mol. The van der Waals surface area contributed by atoms with Crippen LogP contribution < -0.4 is 0 Å². The van der Waals surface area contributed by atoms with Gasteiger partial charge in [-0.3, -0.25) is 0 Å². The Morgan fingerprint density at radius 1 is 0.529 bits per heavy atom. The molecule has 0 heterocycles. The van der Waals surface area contributed by atoms with Gasteiger partial charge in [0.1, 0.15) is 0 Å². The molecule has 0 fully saturated rings. The molecule has 104 valence electrons. The van der Waals surface area contributed by atoms with Crippen molar-refractivity contribution in [2.75, 3.05) is 26.4 Å². The molecule has 0 aromatic rings. The maximum Gasteiger partial charge on any atom is 0.792 e. The summed E-state index contributed by atoms with van der Waals surface area (Å²) in [5.74, 6) is 0. The quantitative estimate of drug-likeness (QED) is 0.299. The minimum absolute atomic E-state index is 0.273. The van der Waals surface area contributed by atoms with E-state index in [2.05, 4.69) is 0 Å². The molecule has 0 aliphatic heterocycles. The highest BCUT2D eigenvalue weighted by Gasteiger charge is 2.54. The van der Waals surface area contributed by atoms with E-state index in [-0.39, 0.29) is 26.4 Å². The van der Waals surface area contributed by atoms with Crippen LogP contribution in [0.1, 0.15) is 27.7 Å². The van der Waals surface area contributed by atoms with Crippen molar-refractivity contribution in [1.82, 2.24) is 0 Å². The second-order valence-corrected chi connectivity index (χ2v) is 4.13. The van der Waals surface area contributed by atoms with Crippen molar-refractivity contribution in [1.29, 1.82) is 0 Å². The summed E-state index contributed by atoms with van der Waals surface area (Å²) in [5.41, 5.74) is 0. The van der Waals surface area contributed by atoms with E-state index in [9.17, 15) is 0 Å². The summed E-state index contributed by atoms with van der Waals surface area (Å²) in [6, 6.07) is 0. The molecule has 0 aromatic heterocycles. The van der Waals surface area contributed by atoms with Crippen LogP contribution in [-0.2, 0) is 37.9 Å². The summed E-state index contributed by atoms with van der Waals surface area (Å²) in [5, 5.41) is 0. The fourth-order valence-electron chi connectivity index (χ4n) is 0.608. The van der Waals surface area contributed by atoms with Crippen LogP contribution in [0.2, 0.25) is 0 Å². The van der Waals surface area contributed by atoms with Gasteiger partial charge in [-0.1, -0.05) is 0 Å². The van der Waals surface area contributed by atoms with E-state index in [0.717, 1.165) is 0 Å². The molecule has 9 heteroatoms. The summed E-state index contributed by atoms with van der Waals surface area (Å²) in [4.78, 5) is 18.9. The van der Waals surface area contributed by atoms with Gasteiger partial charge in [-0.2, -0.15) is 18.3 Å². The van der Waals surface area contributed by atoms with Gasteiger partial charge in [-0.25, -0.2) is 19.6 Å². The third kappa shape index (κ3) is 7.75. The van der Waals surface area contributed by atoms with Gasteiger partial charge in [-0.05, 0) is 27.7 Å². The summed E-state index contributed by atoms with van der Waals surface area (Å²) >= 11 is 0. The Morgan fingerprint density at radius 2 is 0.765 bits per heavy atom. The lowest BCUT2D eigenvalue weighted by Gasteiger charge is -2.22. The third-order valence-electron chi connectivity index (χ3n) is 1.12. The highest BCUT2D eigenvalue weighted by Crippen LogP contribution is 2.14. The molecule has 8 nitrogen and oxygen atoms in total. The van der Waals surface area contributed by atoms with Gasteiger partial charge in [-0.15, -0.1) is 0 Å². The van der Waals surface area contributed by atoms with E-state index < -0.39 is 9.05 Å². The summed E-state index contributed by atoms with van der Waals surface area (Å²) in [6.07, 6.45) is 0. The second-order valence-electron chi connectivity index (χ2n) is 2.46. The van der Waals surface area contributed by atoms with Crippen LogP contribution in [0.25, 0.3) is 0 Å². The zero-order valence-electron chi connectivity index (χ0n) is 10.6. The molecule has 0 bridgehead atoms. The fourth-order valence-corrected chi connectivity index (χ4v) is 1.82. The van der Waals surface area contributed by atoms with E-state index >= 15 is 0 Å². The smallest absolute Gasteiger partial charge is 0.242 e. The lowest BCUT2D eigenvalue weighted by atomic mass is 10.9. The molecule has 0 unspecified atom stereocenters. The molecule has 0 aromatic carbocycles. The largest absolute Gasteiger partial charge is 0.792 e. The van der Waals surface area contributed by atoms with Crippen molar-refractivity contribution in [2.24, 2.45) is 0 Å². The molecule has 0 atom stereocenters. The molecule has 0 amide bonds. The van der Waals surface area contributed by atoms with Crippen molar-refractivity contribution in [3.05, 3.63) is 0 Å². The van der Waals surface area contributed by atoms with Crippen LogP contribution >= 0.6 is 0 Å². The molecule has 0 aliphatic carbocycles. The molecule has 0 spiro atoms. The zero-order chi connectivity index (χ0) is 13.0. The van der Waals surface area contributed by atoms with Crippen LogP contribution in [0.3, 0.4) is 0 Å². The van der Waals surface area contributed by atoms with E-state index in [0.29, 0.717) is 0 Å². The van der Waals surface area contributed by atoms with Crippen LogP contribution in [-0.4, -0.2) is 35.5 Å². The van der Waals surface area contributed by atoms with Gasteiger partial charge >= 0.3 is 9.05 Å². The Bertz CT molecular complexity index is 132. The summed E-state index contributed by atoms with van der Waals surface area (Å²) in [7, 11) is -3.77. The topological polar surface area (TPSA) is 73.8 Å². The van der Waals surface area contributed by atoms with Gasteiger partial charge in [0.15, 0.2) is 0 Å². The molecule has 0 rings (SSSR count). The Balaban J connectivity index is 4.39. The van der Waals surface area contributed by atoms with Crippen molar-refractivity contribution in [3.63, 3.8) is 0 Å². The predicted octanol–water partition coefficient (Wildman–Crippen LogP) is 1.29. The number of hydrogen-bond donors (Lipinski definition) is 0. The average molecular weight is 272 g/mol. The van der Waals surface area contributed by atoms with Gasteiger partial charge in [0.25, 0.3) is 0 Å². The first-order valence-corrected chi connectivity index (χ1v) is 7.10. The fraction of sp³-hybridized carbons (Fsp3) is 1.00. The lowest BCUT2D eigenvalue weighted by Crippen LogP contribution is -2.49. The molecule has 0 saturated heterocycles. The maximum absolute atomic E-state index is 4.88. The summed E-state index contributed by atoms with van der Waals surface area (Å²) in [6.45, 7) is 7.99. The van der Waals surface area contributed by atoms with E-state index in [1.807, 2.05) is 0 Å². The van der Waals surface area contributed by atoms with Crippen molar-refractivity contribution < 1.29 is 37.9 Å². The second kappa shape index (κ2) is 11.0. The van der Waals surface area contributed by atoms with Gasteiger partial charge < -0.3 is 0 Å². The first-order chi connectivity index (χ1) is 8.24. The highest BCUT2D eigenvalue weighted by atomic mass is 28.4. The Labute approximate surface area is 102 Å². The third-order valence-corrected chi connectivity index (χ3v) is 2.40. The van der Waals surface area contributed by atoms with E-state index in [4.69, 9.17) is 37.9 Å². The normalized spacial score (nSPS) is 12.0. The minimum atomic E-state index is -3.77. The molecule has 0 radical (unpaired) electrons. The highest BCUT2D eigenvalue weighted by molar-refractivity contribution is 6.52. The minimum Gasteiger partial charge on any atom is -0.242 e. The number of hydrogen-bond acceptors (Lipinski definition) is 8. The SMILES string of the molecule is CCOO[Si](OOCC)(OOCC)OOCC. The van der Waals surface area contributed by atoms with Gasteiger partial charge in [0.2, 0.25) is 0 Å². The average Bonchev–Trinajstić information content (AvgIpc) is 2.37. The first kappa shape index (κ1) is 16.9. The zero-order valence-corrected chi connectivity index (χ0v) is 11.6. The van der Waals surface area contributed by atoms with Gasteiger partial charge in [0, 0.05) is 0 Å². The standard InChI is InChI=1S/C8H20O8Si/c1-5-9-13-17(14-10-6-2,15-11-7-3)16-12-8-4/h5-8H2,1-4H3. The molecular formula is C8H20O8Si. The van der Waals surface area contributed by atoms with E-state index in [1.54, 1.807) is 27.7 Å².